The SMILES string of the molecule is CS(=O)(=O)OC[C@H]1CCC[C@@]23CCC[C@@H](ON12)[C@@H]3C#N. The molecular formula is C13H20N2O4S. The molecule has 112 valence electrons. The van der Waals surface area contributed by atoms with E-state index in [1.807, 2.05) is 5.06 Å². The van der Waals surface area contributed by atoms with E-state index in [0.717, 1.165) is 44.8 Å². The molecule has 2 heterocycles. The Kier molecular flexibility index (Phi) is 3.53. The Labute approximate surface area is 119 Å². The van der Waals surface area contributed by atoms with Crippen molar-refractivity contribution in [2.24, 2.45) is 5.92 Å². The standard InChI is InChI=1S/C13H20N2O4S/c1-20(16,17)18-9-10-4-2-6-13-7-3-5-12(11(13)8-14)19-15(10)13/h10-12H,2-7,9H2,1H3/t10-,11+,12-,13+/m1/s1. The van der Waals surface area contributed by atoms with E-state index in [1.54, 1.807) is 0 Å². The largest absolute Gasteiger partial charge is 0.293 e. The van der Waals surface area contributed by atoms with Gasteiger partial charge in [0.05, 0.1) is 42.5 Å². The Hall–Kier alpha value is -0.680. The van der Waals surface area contributed by atoms with Gasteiger partial charge in [-0.2, -0.15) is 18.7 Å². The monoisotopic (exact) mass is 300 g/mol. The third kappa shape index (κ3) is 2.25. The summed E-state index contributed by atoms with van der Waals surface area (Å²) < 4.78 is 27.3. The molecule has 1 saturated carbocycles. The molecule has 7 heteroatoms. The van der Waals surface area contributed by atoms with Gasteiger partial charge in [0.25, 0.3) is 10.1 Å². The molecule has 20 heavy (non-hydrogen) atoms. The van der Waals surface area contributed by atoms with Crippen LogP contribution in [-0.2, 0) is 19.1 Å². The minimum Gasteiger partial charge on any atom is -0.293 e. The molecule has 1 aliphatic carbocycles. The van der Waals surface area contributed by atoms with Gasteiger partial charge < -0.3 is 0 Å². The number of fused-ring (bicyclic) bond motifs is 1. The van der Waals surface area contributed by atoms with Crippen molar-refractivity contribution in [1.82, 2.24) is 5.06 Å². The first kappa shape index (κ1) is 14.3. The fraction of sp³-hybridized carbons (Fsp3) is 0.923. The summed E-state index contributed by atoms with van der Waals surface area (Å²) in [4.78, 5) is 6.00. The normalized spacial score (nSPS) is 41.1. The highest BCUT2D eigenvalue weighted by Gasteiger charge is 2.60. The number of hydroxylamine groups is 2. The first-order valence-electron chi connectivity index (χ1n) is 7.16. The quantitative estimate of drug-likeness (QED) is 0.729. The van der Waals surface area contributed by atoms with Crippen molar-refractivity contribution >= 4 is 10.1 Å². The topological polar surface area (TPSA) is 79.6 Å². The van der Waals surface area contributed by atoms with Crippen LogP contribution >= 0.6 is 0 Å². The zero-order valence-electron chi connectivity index (χ0n) is 11.6. The molecule has 3 fully saturated rings. The van der Waals surface area contributed by atoms with E-state index < -0.39 is 10.1 Å². The molecule has 2 bridgehead atoms. The van der Waals surface area contributed by atoms with E-state index in [-0.39, 0.29) is 30.2 Å². The van der Waals surface area contributed by atoms with E-state index in [1.165, 1.54) is 0 Å². The van der Waals surface area contributed by atoms with E-state index in [9.17, 15) is 13.7 Å². The summed E-state index contributed by atoms with van der Waals surface area (Å²) in [5.41, 5.74) is -0.221. The molecule has 0 aromatic heterocycles. The van der Waals surface area contributed by atoms with Gasteiger partial charge >= 0.3 is 0 Å². The number of piperidine rings is 1. The average molecular weight is 300 g/mol. The summed E-state index contributed by atoms with van der Waals surface area (Å²) in [6.07, 6.45) is 6.76. The zero-order chi connectivity index (χ0) is 14.4. The molecular weight excluding hydrogens is 280 g/mol. The molecule has 3 aliphatic rings. The molecule has 0 aromatic carbocycles. The Morgan fingerprint density at radius 3 is 2.75 bits per heavy atom. The van der Waals surface area contributed by atoms with Crippen LogP contribution in [0, 0.1) is 17.2 Å². The summed E-state index contributed by atoms with van der Waals surface area (Å²) in [7, 11) is -3.44. The second-order valence-electron chi connectivity index (χ2n) is 6.11. The van der Waals surface area contributed by atoms with Gasteiger partial charge in [0.2, 0.25) is 0 Å². The zero-order valence-corrected chi connectivity index (χ0v) is 12.4. The highest BCUT2D eigenvalue weighted by Crippen LogP contribution is 2.52. The minimum atomic E-state index is -3.44. The number of nitrogens with zero attached hydrogens (tertiary/aromatic N) is 2. The highest BCUT2D eigenvalue weighted by atomic mass is 32.2. The molecule has 0 aromatic rings. The van der Waals surface area contributed by atoms with Crippen molar-refractivity contribution in [3.63, 3.8) is 0 Å². The molecule has 2 saturated heterocycles. The van der Waals surface area contributed by atoms with Crippen LogP contribution in [0.25, 0.3) is 0 Å². The molecule has 2 aliphatic heterocycles. The molecule has 0 unspecified atom stereocenters. The summed E-state index contributed by atoms with van der Waals surface area (Å²) >= 11 is 0. The number of hydrogen-bond donors (Lipinski definition) is 0. The van der Waals surface area contributed by atoms with Gasteiger partial charge in [0.1, 0.15) is 0 Å². The molecule has 1 spiro atoms. The lowest BCUT2D eigenvalue weighted by Crippen LogP contribution is -2.56. The van der Waals surface area contributed by atoms with Crippen LogP contribution in [0.2, 0.25) is 0 Å². The van der Waals surface area contributed by atoms with Crippen molar-refractivity contribution in [2.75, 3.05) is 12.9 Å². The lowest BCUT2D eigenvalue weighted by atomic mass is 9.68. The van der Waals surface area contributed by atoms with Gasteiger partial charge in [-0.05, 0) is 38.5 Å². The Morgan fingerprint density at radius 1 is 1.40 bits per heavy atom. The van der Waals surface area contributed by atoms with Crippen LogP contribution in [0.4, 0.5) is 0 Å². The smallest absolute Gasteiger partial charge is 0.264 e. The van der Waals surface area contributed by atoms with Gasteiger partial charge in [-0.3, -0.25) is 9.02 Å². The van der Waals surface area contributed by atoms with Crippen LogP contribution in [0.3, 0.4) is 0 Å². The van der Waals surface area contributed by atoms with Crippen LogP contribution in [0.1, 0.15) is 38.5 Å². The van der Waals surface area contributed by atoms with Crippen molar-refractivity contribution in [2.45, 2.75) is 56.2 Å². The summed E-state index contributed by atoms with van der Waals surface area (Å²) in [5, 5.41) is 11.4. The highest BCUT2D eigenvalue weighted by molar-refractivity contribution is 7.85. The molecule has 0 N–H and O–H groups in total. The average Bonchev–Trinajstić information content (AvgIpc) is 2.56. The minimum absolute atomic E-state index is 0.0346. The molecule has 4 atom stereocenters. The van der Waals surface area contributed by atoms with E-state index in [0.29, 0.717) is 0 Å². The van der Waals surface area contributed by atoms with Crippen molar-refractivity contribution in [3.8, 4) is 6.07 Å². The van der Waals surface area contributed by atoms with Crippen molar-refractivity contribution < 1.29 is 17.4 Å². The molecule has 0 radical (unpaired) electrons. The van der Waals surface area contributed by atoms with Gasteiger partial charge in [0, 0.05) is 0 Å². The van der Waals surface area contributed by atoms with Crippen LogP contribution in [0.5, 0.6) is 0 Å². The van der Waals surface area contributed by atoms with Crippen molar-refractivity contribution in [1.29, 1.82) is 5.26 Å². The van der Waals surface area contributed by atoms with E-state index in [4.69, 9.17) is 9.02 Å². The van der Waals surface area contributed by atoms with E-state index in [2.05, 4.69) is 6.07 Å². The number of hydrogen-bond acceptors (Lipinski definition) is 6. The lowest BCUT2D eigenvalue weighted by molar-refractivity contribution is -0.226. The second kappa shape index (κ2) is 4.95. The summed E-state index contributed by atoms with van der Waals surface area (Å²) in [6.45, 7) is 0.117. The van der Waals surface area contributed by atoms with Gasteiger partial charge in [-0.25, -0.2) is 0 Å². The van der Waals surface area contributed by atoms with Crippen LogP contribution in [0.15, 0.2) is 0 Å². The van der Waals surface area contributed by atoms with Crippen molar-refractivity contribution in [3.05, 3.63) is 0 Å². The maximum absolute atomic E-state index is 11.2. The van der Waals surface area contributed by atoms with Gasteiger partial charge in [0.15, 0.2) is 0 Å². The first-order valence-corrected chi connectivity index (χ1v) is 8.98. The summed E-state index contributed by atoms with van der Waals surface area (Å²) in [5.74, 6) is -0.0997. The van der Waals surface area contributed by atoms with Crippen LogP contribution in [-0.4, -0.2) is 44.0 Å². The molecule has 3 rings (SSSR count). The van der Waals surface area contributed by atoms with E-state index >= 15 is 0 Å². The lowest BCUT2D eigenvalue weighted by Gasteiger charge is -2.46. The van der Waals surface area contributed by atoms with Crippen LogP contribution < -0.4 is 0 Å². The number of rotatable bonds is 3. The predicted octanol–water partition coefficient (Wildman–Crippen LogP) is 1.19. The fourth-order valence-corrected chi connectivity index (χ4v) is 4.45. The third-order valence-corrected chi connectivity index (χ3v) is 5.39. The number of nitriles is 1. The maximum atomic E-state index is 11.2. The summed E-state index contributed by atoms with van der Waals surface area (Å²) in [6, 6.07) is 2.35. The third-order valence-electron chi connectivity index (χ3n) is 4.83. The Balaban J connectivity index is 1.82. The maximum Gasteiger partial charge on any atom is 0.264 e. The first-order chi connectivity index (χ1) is 9.46. The van der Waals surface area contributed by atoms with Gasteiger partial charge in [-0.15, -0.1) is 0 Å². The molecule has 0 amide bonds. The predicted molar refractivity (Wildman–Crippen MR) is 70.8 cm³/mol. The second-order valence-corrected chi connectivity index (χ2v) is 7.75. The van der Waals surface area contributed by atoms with Gasteiger partial charge in [-0.1, -0.05) is 0 Å². The fourth-order valence-electron chi connectivity index (χ4n) is 4.05. The Morgan fingerprint density at radius 2 is 2.10 bits per heavy atom. The Bertz CT molecular complexity index is 525. The molecule has 6 nitrogen and oxygen atoms in total.